The molecule has 1 amide bonds. The van der Waals surface area contributed by atoms with Gasteiger partial charge in [0.25, 0.3) is 5.91 Å². The first-order valence-corrected chi connectivity index (χ1v) is 10.3. The van der Waals surface area contributed by atoms with Crippen LogP contribution >= 0.6 is 27.3 Å². The zero-order chi connectivity index (χ0) is 18.3. The quantitative estimate of drug-likeness (QED) is 0.619. The van der Waals surface area contributed by atoms with Crippen molar-refractivity contribution < 1.29 is 4.79 Å². The molecule has 1 aliphatic rings. The van der Waals surface area contributed by atoms with E-state index in [4.69, 9.17) is 0 Å². The zero-order valence-corrected chi connectivity index (χ0v) is 17.2. The summed E-state index contributed by atoms with van der Waals surface area (Å²) in [5, 5.41) is 3.04. The van der Waals surface area contributed by atoms with Crippen LogP contribution in [0.15, 0.2) is 46.4 Å². The molecule has 4 rings (SSSR count). The minimum atomic E-state index is 0.0200. The molecule has 26 heavy (non-hydrogen) atoms. The van der Waals surface area contributed by atoms with Gasteiger partial charge < -0.3 is 9.88 Å². The van der Waals surface area contributed by atoms with Crippen LogP contribution in [-0.2, 0) is 5.41 Å². The Bertz CT molecular complexity index is 940. The number of hydrogen-bond acceptors (Lipinski definition) is 3. The van der Waals surface area contributed by atoms with E-state index in [2.05, 4.69) is 50.2 Å². The summed E-state index contributed by atoms with van der Waals surface area (Å²) >= 11 is 5.10. The van der Waals surface area contributed by atoms with Crippen LogP contribution in [0.2, 0.25) is 0 Å². The van der Waals surface area contributed by atoms with Crippen molar-refractivity contribution in [1.82, 2.24) is 14.9 Å². The lowest BCUT2D eigenvalue weighted by Gasteiger charge is -2.24. The third-order valence-corrected chi connectivity index (χ3v) is 6.33. The first kappa shape index (κ1) is 17.5. The highest BCUT2D eigenvalue weighted by molar-refractivity contribution is 9.10. The van der Waals surface area contributed by atoms with Gasteiger partial charge in [0.2, 0.25) is 0 Å². The van der Waals surface area contributed by atoms with Gasteiger partial charge in [-0.1, -0.05) is 28.1 Å². The molecule has 0 bridgehead atoms. The van der Waals surface area contributed by atoms with Crippen LogP contribution < -0.4 is 0 Å². The maximum Gasteiger partial charge on any atom is 0.270 e. The summed E-state index contributed by atoms with van der Waals surface area (Å²) in [6, 6.07) is 10.4. The molecule has 2 aromatic heterocycles. The molecule has 0 aliphatic heterocycles. The van der Waals surface area contributed by atoms with E-state index in [1.54, 1.807) is 11.3 Å². The fourth-order valence-electron chi connectivity index (χ4n) is 3.39. The van der Waals surface area contributed by atoms with E-state index < -0.39 is 0 Å². The van der Waals surface area contributed by atoms with E-state index in [1.165, 1.54) is 5.56 Å². The van der Waals surface area contributed by atoms with Crippen molar-refractivity contribution in [2.75, 3.05) is 13.6 Å². The Balaban J connectivity index is 1.48. The molecule has 1 saturated carbocycles. The molecule has 3 aromatic rings. The molecule has 6 heteroatoms. The smallest absolute Gasteiger partial charge is 0.270 e. The summed E-state index contributed by atoms with van der Waals surface area (Å²) in [6.07, 6.45) is 4.11. The lowest BCUT2D eigenvalue weighted by atomic mass is 9.95. The number of nitrogens with one attached hydrogen (secondary N) is 1. The van der Waals surface area contributed by atoms with Crippen molar-refractivity contribution in [3.63, 3.8) is 0 Å². The Labute approximate surface area is 165 Å². The first-order valence-electron chi connectivity index (χ1n) is 8.59. The van der Waals surface area contributed by atoms with Crippen LogP contribution in [0.5, 0.6) is 0 Å². The van der Waals surface area contributed by atoms with Gasteiger partial charge in [-0.2, -0.15) is 0 Å². The van der Waals surface area contributed by atoms with Gasteiger partial charge in [0, 0.05) is 40.6 Å². The Hall–Kier alpha value is -1.92. The number of rotatable bonds is 5. The molecule has 4 nitrogen and oxygen atoms in total. The van der Waals surface area contributed by atoms with E-state index in [0.717, 1.165) is 40.1 Å². The highest BCUT2D eigenvalue weighted by Gasteiger charge is 2.45. The predicted octanol–water partition coefficient (Wildman–Crippen LogP) is 5.01. The van der Waals surface area contributed by atoms with Crippen molar-refractivity contribution in [2.45, 2.75) is 25.2 Å². The van der Waals surface area contributed by atoms with Gasteiger partial charge in [-0.25, -0.2) is 4.98 Å². The molecule has 134 valence electrons. The maximum atomic E-state index is 12.9. The Morgan fingerprint density at radius 1 is 1.35 bits per heavy atom. The molecule has 0 radical (unpaired) electrons. The summed E-state index contributed by atoms with van der Waals surface area (Å²) in [4.78, 5) is 22.3. The fraction of sp³-hybridized carbons (Fsp3) is 0.300. The Morgan fingerprint density at radius 2 is 2.08 bits per heavy atom. The molecule has 0 unspecified atom stereocenters. The average Bonchev–Trinajstić information content (AvgIpc) is 3.05. The summed E-state index contributed by atoms with van der Waals surface area (Å²) in [6.45, 7) is 2.72. The molecule has 1 aromatic carbocycles. The molecule has 1 N–H and O–H groups in total. The van der Waals surface area contributed by atoms with E-state index in [-0.39, 0.29) is 11.3 Å². The monoisotopic (exact) mass is 429 g/mol. The van der Waals surface area contributed by atoms with Gasteiger partial charge in [0.1, 0.15) is 5.69 Å². The van der Waals surface area contributed by atoms with E-state index in [1.807, 2.05) is 36.5 Å². The van der Waals surface area contributed by atoms with Gasteiger partial charge in [-0.3, -0.25) is 4.79 Å². The number of carbonyl (C=O) groups is 1. The second-order valence-corrected chi connectivity index (χ2v) is 8.98. The highest BCUT2D eigenvalue weighted by atomic mass is 79.9. The molecule has 0 saturated heterocycles. The topological polar surface area (TPSA) is 49.0 Å². The van der Waals surface area contributed by atoms with Gasteiger partial charge in [-0.05, 0) is 43.5 Å². The van der Waals surface area contributed by atoms with Gasteiger partial charge in [0.15, 0.2) is 0 Å². The van der Waals surface area contributed by atoms with Crippen molar-refractivity contribution >= 4 is 33.2 Å². The number of halogens is 1. The largest absolute Gasteiger partial charge is 0.357 e. The third-order valence-electron chi connectivity index (χ3n) is 5.02. The van der Waals surface area contributed by atoms with Crippen molar-refractivity contribution in [1.29, 1.82) is 0 Å². The predicted molar refractivity (Wildman–Crippen MR) is 109 cm³/mol. The lowest BCUT2D eigenvalue weighted by Crippen LogP contribution is -2.34. The fourth-order valence-corrected chi connectivity index (χ4v) is 4.27. The number of thiazole rings is 1. The number of amides is 1. The summed E-state index contributed by atoms with van der Waals surface area (Å²) < 4.78 is 1.08. The molecular weight excluding hydrogens is 410 g/mol. The summed E-state index contributed by atoms with van der Waals surface area (Å²) in [5.41, 5.74) is 3.90. The standard InChI is InChI=1S/C20H20BrN3OS/c1-13-23-18(11-26-13)14-9-17(22-10-14)19(25)24(2)12-20(7-8-20)15-3-5-16(21)6-4-15/h3-6,9-11,22H,7-8,12H2,1-2H3. The average molecular weight is 430 g/mol. The van der Waals surface area contributed by atoms with E-state index in [0.29, 0.717) is 5.69 Å². The minimum Gasteiger partial charge on any atom is -0.357 e. The number of carbonyl (C=O) groups excluding carboxylic acids is 1. The number of aryl methyl sites for hydroxylation is 1. The van der Waals surface area contributed by atoms with Crippen LogP contribution in [0.25, 0.3) is 11.3 Å². The van der Waals surface area contributed by atoms with Crippen LogP contribution in [0.1, 0.15) is 33.9 Å². The number of H-pyrrole nitrogens is 1. The van der Waals surface area contributed by atoms with Crippen LogP contribution in [-0.4, -0.2) is 34.4 Å². The lowest BCUT2D eigenvalue weighted by molar-refractivity contribution is 0.0776. The van der Waals surface area contributed by atoms with Crippen LogP contribution in [0.3, 0.4) is 0 Å². The molecular formula is C20H20BrN3OS. The van der Waals surface area contributed by atoms with Gasteiger partial charge >= 0.3 is 0 Å². The van der Waals surface area contributed by atoms with Crippen molar-refractivity contribution in [2.24, 2.45) is 0 Å². The number of aromatic nitrogens is 2. The summed E-state index contributed by atoms with van der Waals surface area (Å²) in [5.74, 6) is 0.0200. The van der Waals surface area contributed by atoms with E-state index in [9.17, 15) is 4.79 Å². The number of likely N-dealkylation sites (N-methyl/N-ethyl adjacent to an activating group) is 1. The zero-order valence-electron chi connectivity index (χ0n) is 14.8. The molecule has 2 heterocycles. The normalized spacial score (nSPS) is 15.0. The maximum absolute atomic E-state index is 12.9. The Morgan fingerprint density at radius 3 is 2.69 bits per heavy atom. The number of benzene rings is 1. The van der Waals surface area contributed by atoms with Crippen LogP contribution in [0.4, 0.5) is 0 Å². The second kappa shape index (κ2) is 6.67. The molecule has 0 atom stereocenters. The van der Waals surface area contributed by atoms with Gasteiger partial charge in [-0.15, -0.1) is 11.3 Å². The molecule has 0 spiro atoms. The van der Waals surface area contributed by atoms with Crippen molar-refractivity contribution in [3.8, 4) is 11.3 Å². The summed E-state index contributed by atoms with van der Waals surface area (Å²) in [7, 11) is 1.88. The van der Waals surface area contributed by atoms with E-state index >= 15 is 0 Å². The van der Waals surface area contributed by atoms with Gasteiger partial charge in [0.05, 0.1) is 10.7 Å². The second-order valence-electron chi connectivity index (χ2n) is 7.00. The number of hydrogen-bond donors (Lipinski definition) is 1. The molecule has 1 fully saturated rings. The minimum absolute atomic E-state index is 0.0200. The molecule has 1 aliphatic carbocycles. The first-order chi connectivity index (χ1) is 12.5. The highest BCUT2D eigenvalue weighted by Crippen LogP contribution is 2.48. The number of aromatic amines is 1. The number of nitrogens with zero attached hydrogens (tertiary/aromatic N) is 2. The van der Waals surface area contributed by atoms with Crippen molar-refractivity contribution in [3.05, 3.63) is 62.6 Å². The SMILES string of the molecule is Cc1nc(-c2c[nH]c(C(=O)N(C)CC3(c4ccc(Br)cc4)CC3)c2)cs1. The van der Waals surface area contributed by atoms with Crippen LogP contribution in [0, 0.1) is 6.92 Å². The third kappa shape index (κ3) is 3.35. The Kier molecular flexibility index (Phi) is 4.49.